The van der Waals surface area contributed by atoms with Gasteiger partial charge in [-0.15, -0.1) is 0 Å². The Labute approximate surface area is 160 Å². The van der Waals surface area contributed by atoms with Gasteiger partial charge >= 0.3 is 6.02 Å². The van der Waals surface area contributed by atoms with E-state index in [9.17, 15) is 0 Å². The maximum atomic E-state index is 5.96. The molecule has 0 spiro atoms. The van der Waals surface area contributed by atoms with E-state index in [1.165, 1.54) is 11.1 Å². The summed E-state index contributed by atoms with van der Waals surface area (Å²) >= 11 is 0. The molecule has 0 fully saturated rings. The van der Waals surface area contributed by atoms with Crippen molar-refractivity contribution in [2.75, 3.05) is 11.5 Å². The van der Waals surface area contributed by atoms with Gasteiger partial charge in [0.25, 0.3) is 0 Å². The fraction of sp³-hybridized carbons (Fsp3) is 0.125. The second-order valence-electron chi connectivity index (χ2n) is 6.67. The average Bonchev–Trinajstić information content (AvgIpc) is 2.71. The van der Waals surface area contributed by atoms with Gasteiger partial charge in [-0.25, -0.2) is 0 Å². The second-order valence-corrected chi connectivity index (χ2v) is 6.67. The first kappa shape index (κ1) is 17.1. The third-order valence-corrected chi connectivity index (χ3v) is 4.54. The van der Waals surface area contributed by atoms with Crippen LogP contribution >= 0.6 is 0 Å². The van der Waals surface area contributed by atoms with Crippen molar-refractivity contribution in [2.24, 2.45) is 4.99 Å². The minimum absolute atomic E-state index is 0.497. The van der Waals surface area contributed by atoms with E-state index >= 15 is 0 Å². The topological polar surface area (TPSA) is 24.8 Å². The van der Waals surface area contributed by atoms with Gasteiger partial charge in [0.2, 0.25) is 0 Å². The van der Waals surface area contributed by atoms with E-state index in [-0.39, 0.29) is 0 Å². The van der Waals surface area contributed by atoms with Crippen LogP contribution in [0.5, 0.6) is 0 Å². The summed E-state index contributed by atoms with van der Waals surface area (Å²) in [7, 11) is 0. The monoisotopic (exact) mass is 354 g/mol. The van der Waals surface area contributed by atoms with E-state index in [1.807, 2.05) is 18.2 Å². The molecule has 0 saturated carbocycles. The largest absolute Gasteiger partial charge is 0.460 e. The van der Waals surface area contributed by atoms with Gasteiger partial charge in [0.05, 0.1) is 17.1 Å². The van der Waals surface area contributed by atoms with Crippen LogP contribution in [-0.4, -0.2) is 12.6 Å². The van der Waals surface area contributed by atoms with Crippen LogP contribution in [0.1, 0.15) is 16.7 Å². The number of hydrogen-bond donors (Lipinski definition) is 0. The molecule has 1 aliphatic rings. The van der Waals surface area contributed by atoms with Crippen molar-refractivity contribution in [1.82, 2.24) is 0 Å². The first-order valence-electron chi connectivity index (χ1n) is 9.11. The van der Waals surface area contributed by atoms with Crippen molar-refractivity contribution in [3.8, 4) is 0 Å². The minimum atomic E-state index is 0.497. The van der Waals surface area contributed by atoms with Crippen LogP contribution in [0, 0.1) is 13.8 Å². The van der Waals surface area contributed by atoms with Gasteiger partial charge in [0, 0.05) is 0 Å². The van der Waals surface area contributed by atoms with Gasteiger partial charge in [0.15, 0.2) is 0 Å². The van der Waals surface area contributed by atoms with E-state index in [4.69, 9.17) is 9.73 Å². The molecule has 3 nitrogen and oxygen atoms in total. The Kier molecular flexibility index (Phi) is 4.75. The summed E-state index contributed by atoms with van der Waals surface area (Å²) < 4.78 is 5.96. The minimum Gasteiger partial charge on any atom is -0.460 e. The Morgan fingerprint density at radius 2 is 1.41 bits per heavy atom. The Morgan fingerprint density at radius 3 is 2.07 bits per heavy atom. The molecule has 3 heteroatoms. The summed E-state index contributed by atoms with van der Waals surface area (Å²) in [5.41, 5.74) is 6.56. The number of hydrogen-bond acceptors (Lipinski definition) is 2. The third kappa shape index (κ3) is 3.77. The summed E-state index contributed by atoms with van der Waals surface area (Å²) in [5.74, 6) is 0. The molecule has 0 saturated heterocycles. The number of benzene rings is 3. The van der Waals surface area contributed by atoms with Crippen LogP contribution in [0.4, 0.5) is 11.4 Å². The van der Waals surface area contributed by atoms with Gasteiger partial charge in [-0.05, 0) is 49.8 Å². The summed E-state index contributed by atoms with van der Waals surface area (Å²) in [6.07, 6.45) is 2.10. The molecule has 3 aromatic carbocycles. The van der Waals surface area contributed by atoms with E-state index in [0.717, 1.165) is 22.6 Å². The number of nitrogens with zero attached hydrogens (tertiary/aromatic N) is 2. The third-order valence-electron chi connectivity index (χ3n) is 4.54. The Balaban J connectivity index is 1.81. The highest BCUT2D eigenvalue weighted by molar-refractivity contribution is 6.07. The maximum absolute atomic E-state index is 5.96. The van der Waals surface area contributed by atoms with Crippen LogP contribution in [0.25, 0.3) is 5.70 Å². The molecule has 0 atom stereocenters. The Hall–Kier alpha value is -3.33. The lowest BCUT2D eigenvalue weighted by Gasteiger charge is -2.31. The predicted molar refractivity (Wildman–Crippen MR) is 112 cm³/mol. The standard InChI is InChI=1S/C24H22N2O/c1-18-8-12-21(13-9-18)25-24-26(22-14-10-19(2)11-15-22)23(16-17-27-24)20-6-4-3-5-7-20/h3-16H,17H2,1-2H3. The zero-order chi connectivity index (χ0) is 18.6. The second kappa shape index (κ2) is 7.50. The Bertz CT molecular complexity index is 971. The van der Waals surface area contributed by atoms with E-state index in [2.05, 4.69) is 85.5 Å². The van der Waals surface area contributed by atoms with Gasteiger partial charge in [-0.2, -0.15) is 4.99 Å². The normalized spacial score (nSPS) is 15.4. The van der Waals surface area contributed by atoms with Crippen molar-refractivity contribution in [1.29, 1.82) is 0 Å². The molecule has 0 amide bonds. The predicted octanol–water partition coefficient (Wildman–Crippen LogP) is 5.87. The fourth-order valence-electron chi connectivity index (χ4n) is 3.07. The number of amidine groups is 1. The summed E-state index contributed by atoms with van der Waals surface area (Å²) in [4.78, 5) is 6.88. The summed E-state index contributed by atoms with van der Waals surface area (Å²) in [5, 5.41) is 0. The number of anilines is 1. The number of rotatable bonds is 3. The molecule has 0 unspecified atom stereocenters. The lowest BCUT2D eigenvalue weighted by atomic mass is 10.1. The zero-order valence-electron chi connectivity index (χ0n) is 15.6. The smallest absolute Gasteiger partial charge is 0.302 e. The first-order chi connectivity index (χ1) is 13.2. The number of aliphatic imine (C=N–C) groups is 1. The van der Waals surface area contributed by atoms with E-state index in [1.54, 1.807) is 0 Å². The lowest BCUT2D eigenvalue weighted by Crippen LogP contribution is -2.35. The molecule has 0 aliphatic carbocycles. The summed E-state index contributed by atoms with van der Waals surface area (Å²) in [6.45, 7) is 4.66. The van der Waals surface area contributed by atoms with Crippen molar-refractivity contribution >= 4 is 23.1 Å². The Morgan fingerprint density at radius 1 is 0.778 bits per heavy atom. The summed E-state index contributed by atoms with van der Waals surface area (Å²) in [6, 6.07) is 27.5. The quantitative estimate of drug-likeness (QED) is 0.588. The van der Waals surface area contributed by atoms with Crippen LogP contribution in [0.3, 0.4) is 0 Å². The zero-order valence-corrected chi connectivity index (χ0v) is 15.6. The van der Waals surface area contributed by atoms with Gasteiger partial charge < -0.3 is 4.74 Å². The van der Waals surface area contributed by atoms with E-state index in [0.29, 0.717) is 12.6 Å². The van der Waals surface area contributed by atoms with Crippen molar-refractivity contribution < 1.29 is 4.74 Å². The highest BCUT2D eigenvalue weighted by Gasteiger charge is 2.24. The van der Waals surface area contributed by atoms with Gasteiger partial charge in [-0.3, -0.25) is 4.90 Å². The maximum Gasteiger partial charge on any atom is 0.302 e. The van der Waals surface area contributed by atoms with Crippen LogP contribution in [0.2, 0.25) is 0 Å². The molecule has 4 rings (SSSR count). The van der Waals surface area contributed by atoms with E-state index < -0.39 is 0 Å². The van der Waals surface area contributed by atoms with Gasteiger partial charge in [-0.1, -0.05) is 65.7 Å². The average molecular weight is 354 g/mol. The van der Waals surface area contributed by atoms with Crippen molar-refractivity contribution in [3.05, 3.63) is 102 Å². The molecule has 1 heterocycles. The van der Waals surface area contributed by atoms with Crippen LogP contribution < -0.4 is 4.90 Å². The SMILES string of the molecule is Cc1ccc(N=C2OCC=C(c3ccccc3)N2c2ccc(C)cc2)cc1. The fourth-order valence-corrected chi connectivity index (χ4v) is 3.07. The van der Waals surface area contributed by atoms with Crippen LogP contribution in [0.15, 0.2) is 89.9 Å². The molecular weight excluding hydrogens is 332 g/mol. The van der Waals surface area contributed by atoms with Crippen molar-refractivity contribution in [3.63, 3.8) is 0 Å². The highest BCUT2D eigenvalue weighted by atomic mass is 16.5. The van der Waals surface area contributed by atoms with Crippen molar-refractivity contribution in [2.45, 2.75) is 13.8 Å². The molecule has 134 valence electrons. The van der Waals surface area contributed by atoms with Gasteiger partial charge in [0.1, 0.15) is 6.61 Å². The molecule has 0 bridgehead atoms. The molecule has 0 N–H and O–H groups in total. The number of ether oxygens (including phenoxy) is 1. The lowest BCUT2D eigenvalue weighted by molar-refractivity contribution is 0.338. The molecule has 0 radical (unpaired) electrons. The highest BCUT2D eigenvalue weighted by Crippen LogP contribution is 2.31. The molecule has 27 heavy (non-hydrogen) atoms. The first-order valence-corrected chi connectivity index (χ1v) is 9.11. The molecule has 1 aliphatic heterocycles. The molecule has 3 aromatic rings. The molecule has 0 aromatic heterocycles. The number of aryl methyl sites for hydroxylation is 2. The molecular formula is C24H22N2O. The van der Waals surface area contributed by atoms with Crippen LogP contribution in [-0.2, 0) is 4.74 Å².